The lowest BCUT2D eigenvalue weighted by Gasteiger charge is -2.05. The van der Waals surface area contributed by atoms with E-state index in [1.54, 1.807) is 31.2 Å². The van der Waals surface area contributed by atoms with E-state index in [4.69, 9.17) is 9.68 Å². The van der Waals surface area contributed by atoms with Gasteiger partial charge in [-0.15, -0.1) is 0 Å². The van der Waals surface area contributed by atoms with Crippen LogP contribution in [0.1, 0.15) is 17.0 Å². The highest BCUT2D eigenvalue weighted by Crippen LogP contribution is 2.22. The number of nitrogens with zero attached hydrogens (tertiary/aromatic N) is 2. The molecule has 1 N–H and O–H groups in total. The van der Waals surface area contributed by atoms with Crippen LogP contribution in [0.25, 0.3) is 11.5 Å². The zero-order valence-corrected chi connectivity index (χ0v) is 13.1. The molecule has 0 saturated heterocycles. The number of benzene rings is 2. The number of aryl methyl sites for hydroxylation is 1. The molecule has 1 amide bonds. The lowest BCUT2D eigenvalue weighted by molar-refractivity contribution is -0.115. The molecule has 3 rings (SSSR count). The van der Waals surface area contributed by atoms with Crippen molar-refractivity contribution < 1.29 is 9.21 Å². The summed E-state index contributed by atoms with van der Waals surface area (Å²) in [6, 6.07) is 18.5. The van der Waals surface area contributed by atoms with Crippen LogP contribution in [0, 0.1) is 18.3 Å². The number of carbonyl (C=O) groups excluding carboxylic acids is 1. The second-order valence-electron chi connectivity index (χ2n) is 5.27. The summed E-state index contributed by atoms with van der Waals surface area (Å²) < 4.78 is 5.65. The number of carbonyl (C=O) groups is 1. The molecule has 5 heteroatoms. The van der Waals surface area contributed by atoms with E-state index in [1.807, 2.05) is 30.3 Å². The Morgan fingerprint density at radius 1 is 1.17 bits per heavy atom. The van der Waals surface area contributed by atoms with Crippen molar-refractivity contribution in [3.8, 4) is 17.5 Å². The first-order valence-corrected chi connectivity index (χ1v) is 7.48. The number of amides is 1. The molecule has 1 heterocycles. The molecule has 0 saturated carbocycles. The molecule has 0 aliphatic rings. The minimum Gasteiger partial charge on any atom is -0.441 e. The van der Waals surface area contributed by atoms with Gasteiger partial charge in [0.15, 0.2) is 0 Å². The summed E-state index contributed by atoms with van der Waals surface area (Å²) in [4.78, 5) is 16.7. The Morgan fingerprint density at radius 3 is 2.62 bits per heavy atom. The van der Waals surface area contributed by atoms with Crippen LogP contribution in [0.2, 0.25) is 0 Å². The van der Waals surface area contributed by atoms with Crippen molar-refractivity contribution in [3.63, 3.8) is 0 Å². The van der Waals surface area contributed by atoms with Crippen LogP contribution in [0.3, 0.4) is 0 Å². The number of aromatic nitrogens is 1. The van der Waals surface area contributed by atoms with Gasteiger partial charge < -0.3 is 9.73 Å². The fraction of sp³-hybridized carbons (Fsp3) is 0.105. The van der Waals surface area contributed by atoms with Gasteiger partial charge in [0.2, 0.25) is 11.8 Å². The van der Waals surface area contributed by atoms with E-state index in [0.717, 1.165) is 5.56 Å². The molecule has 24 heavy (non-hydrogen) atoms. The number of oxazole rings is 1. The minimum absolute atomic E-state index is 0.0852. The van der Waals surface area contributed by atoms with Crippen molar-refractivity contribution >= 4 is 11.6 Å². The predicted molar refractivity (Wildman–Crippen MR) is 90.2 cm³/mol. The zero-order valence-electron chi connectivity index (χ0n) is 13.1. The van der Waals surface area contributed by atoms with E-state index >= 15 is 0 Å². The van der Waals surface area contributed by atoms with Crippen molar-refractivity contribution in [2.24, 2.45) is 0 Å². The van der Waals surface area contributed by atoms with Crippen LogP contribution in [-0.4, -0.2) is 10.9 Å². The molecule has 0 aliphatic carbocycles. The quantitative estimate of drug-likeness (QED) is 0.795. The van der Waals surface area contributed by atoms with Crippen molar-refractivity contribution in [1.29, 1.82) is 5.26 Å². The molecule has 5 nitrogen and oxygen atoms in total. The summed E-state index contributed by atoms with van der Waals surface area (Å²) in [6.07, 6.45) is 0.0852. The highest BCUT2D eigenvalue weighted by Gasteiger charge is 2.15. The van der Waals surface area contributed by atoms with Crippen molar-refractivity contribution in [1.82, 2.24) is 4.98 Å². The van der Waals surface area contributed by atoms with Crippen LogP contribution in [0.5, 0.6) is 0 Å². The monoisotopic (exact) mass is 317 g/mol. The minimum atomic E-state index is -0.242. The number of nitrogens with one attached hydrogen (secondary N) is 1. The molecular weight excluding hydrogens is 302 g/mol. The molecule has 118 valence electrons. The number of hydrogen-bond donors (Lipinski definition) is 1. The molecule has 0 fully saturated rings. The van der Waals surface area contributed by atoms with Gasteiger partial charge in [-0.25, -0.2) is 4.98 Å². The lowest BCUT2D eigenvalue weighted by atomic mass is 10.2. The zero-order chi connectivity index (χ0) is 16.9. The summed E-state index contributed by atoms with van der Waals surface area (Å²) in [6.45, 7) is 1.78. The van der Waals surface area contributed by atoms with E-state index in [1.165, 1.54) is 0 Å². The summed E-state index contributed by atoms with van der Waals surface area (Å²) in [7, 11) is 0. The molecule has 0 atom stereocenters. The maximum Gasteiger partial charge on any atom is 0.230 e. The van der Waals surface area contributed by atoms with Crippen molar-refractivity contribution in [3.05, 3.63) is 71.6 Å². The van der Waals surface area contributed by atoms with Gasteiger partial charge >= 0.3 is 0 Å². The average molecular weight is 317 g/mol. The fourth-order valence-corrected chi connectivity index (χ4v) is 2.33. The molecule has 3 aromatic rings. The van der Waals surface area contributed by atoms with Gasteiger partial charge in [-0.05, 0) is 31.2 Å². The Bertz CT molecular complexity index is 908. The molecule has 0 bridgehead atoms. The number of rotatable bonds is 4. The highest BCUT2D eigenvalue weighted by molar-refractivity contribution is 5.93. The Hall–Kier alpha value is -3.39. The van der Waals surface area contributed by atoms with E-state index in [2.05, 4.69) is 16.4 Å². The van der Waals surface area contributed by atoms with Crippen LogP contribution >= 0.6 is 0 Å². The largest absolute Gasteiger partial charge is 0.441 e. The fourth-order valence-electron chi connectivity index (χ4n) is 2.33. The van der Waals surface area contributed by atoms with Crippen molar-refractivity contribution in [2.45, 2.75) is 13.3 Å². The molecule has 0 unspecified atom stereocenters. The number of para-hydroxylation sites is 1. The summed E-state index contributed by atoms with van der Waals surface area (Å²) in [5.41, 5.74) is 2.37. The Kier molecular flexibility index (Phi) is 4.39. The van der Waals surface area contributed by atoms with E-state index in [-0.39, 0.29) is 12.3 Å². The SMILES string of the molecule is Cc1oc(-c2ccccc2)nc1CC(=O)Nc1ccccc1C#N. The molecular formula is C19H15N3O2. The van der Waals surface area contributed by atoms with Gasteiger partial charge in [0, 0.05) is 5.56 Å². The highest BCUT2D eigenvalue weighted by atomic mass is 16.4. The van der Waals surface area contributed by atoms with Crippen LogP contribution in [-0.2, 0) is 11.2 Å². The second-order valence-corrected chi connectivity index (χ2v) is 5.27. The first-order chi connectivity index (χ1) is 11.7. The number of hydrogen-bond acceptors (Lipinski definition) is 4. The van der Waals surface area contributed by atoms with Gasteiger partial charge in [-0.1, -0.05) is 30.3 Å². The van der Waals surface area contributed by atoms with Crippen molar-refractivity contribution in [2.75, 3.05) is 5.32 Å². The van der Waals surface area contributed by atoms with Gasteiger partial charge in [-0.2, -0.15) is 5.26 Å². The maximum atomic E-state index is 12.2. The second kappa shape index (κ2) is 6.80. The molecule has 0 aliphatic heterocycles. The summed E-state index contributed by atoms with van der Waals surface area (Å²) in [5.74, 6) is 0.861. The standard InChI is InChI=1S/C19H15N3O2/c1-13-17(22-19(24-13)14-7-3-2-4-8-14)11-18(23)21-16-10-6-5-9-15(16)12-20/h2-10H,11H2,1H3,(H,21,23). The first kappa shape index (κ1) is 15.5. The van der Waals surface area contributed by atoms with Crippen LogP contribution < -0.4 is 5.32 Å². The summed E-state index contributed by atoms with van der Waals surface area (Å²) in [5, 5.41) is 11.8. The van der Waals surface area contributed by atoms with Gasteiger partial charge in [0.1, 0.15) is 11.8 Å². The lowest BCUT2D eigenvalue weighted by Crippen LogP contribution is -2.15. The number of nitriles is 1. The Morgan fingerprint density at radius 2 is 1.88 bits per heavy atom. The summed E-state index contributed by atoms with van der Waals surface area (Å²) >= 11 is 0. The van der Waals surface area contributed by atoms with Crippen LogP contribution in [0.15, 0.2) is 59.0 Å². The predicted octanol–water partition coefficient (Wildman–Crippen LogP) is 3.70. The smallest absolute Gasteiger partial charge is 0.230 e. The molecule has 0 spiro atoms. The third-order valence-electron chi connectivity index (χ3n) is 3.56. The Labute approximate surface area is 139 Å². The molecule has 2 aromatic carbocycles. The molecule has 1 aromatic heterocycles. The average Bonchev–Trinajstić information content (AvgIpc) is 2.97. The third-order valence-corrected chi connectivity index (χ3v) is 3.56. The topological polar surface area (TPSA) is 78.9 Å². The van der Waals surface area contributed by atoms with Gasteiger partial charge in [-0.3, -0.25) is 4.79 Å². The van der Waals surface area contributed by atoms with Gasteiger partial charge in [0.05, 0.1) is 23.4 Å². The third kappa shape index (κ3) is 3.33. The van der Waals surface area contributed by atoms with Crippen LogP contribution in [0.4, 0.5) is 5.69 Å². The molecule has 0 radical (unpaired) electrons. The Balaban J connectivity index is 1.76. The first-order valence-electron chi connectivity index (χ1n) is 7.48. The number of anilines is 1. The van der Waals surface area contributed by atoms with E-state index in [0.29, 0.717) is 28.6 Å². The van der Waals surface area contributed by atoms with E-state index in [9.17, 15) is 4.79 Å². The maximum absolute atomic E-state index is 12.2. The normalized spacial score (nSPS) is 10.2. The van der Waals surface area contributed by atoms with E-state index < -0.39 is 0 Å². The van der Waals surface area contributed by atoms with Gasteiger partial charge in [0.25, 0.3) is 0 Å².